The van der Waals surface area contributed by atoms with E-state index in [-0.39, 0.29) is 11.5 Å². The lowest BCUT2D eigenvalue weighted by atomic mass is 9.82. The van der Waals surface area contributed by atoms with Gasteiger partial charge in [-0.05, 0) is 43.9 Å². The van der Waals surface area contributed by atoms with Crippen LogP contribution in [0.2, 0.25) is 0 Å². The zero-order chi connectivity index (χ0) is 17.8. The molecule has 2 fully saturated rings. The Bertz CT molecular complexity index is 730. The molecule has 2 aliphatic rings. The van der Waals surface area contributed by atoms with Crippen LogP contribution in [0.3, 0.4) is 0 Å². The zero-order valence-corrected chi connectivity index (χ0v) is 14.8. The van der Waals surface area contributed by atoms with Gasteiger partial charge in [-0.2, -0.15) is 0 Å². The number of nitrogens with one attached hydrogen (secondary N) is 1. The van der Waals surface area contributed by atoms with Gasteiger partial charge in [-0.25, -0.2) is 9.97 Å². The summed E-state index contributed by atoms with van der Waals surface area (Å²) in [7, 11) is 0. The number of carbonyl (C=O) groups excluding carboxylic acids is 1. The van der Waals surface area contributed by atoms with Crippen LogP contribution in [0.1, 0.15) is 36.0 Å². The Morgan fingerprint density at radius 1 is 1.12 bits per heavy atom. The summed E-state index contributed by atoms with van der Waals surface area (Å²) in [6, 6.07) is 11.6. The van der Waals surface area contributed by atoms with Gasteiger partial charge in [0.05, 0.1) is 5.60 Å². The maximum atomic E-state index is 12.6. The SMILES string of the molecule is O=C(c1ccccc1)N1CCC2(CC1)CC(Nc1ncccn1)CCO2. The minimum absolute atomic E-state index is 0.114. The van der Waals surface area contributed by atoms with Gasteiger partial charge in [0.25, 0.3) is 5.91 Å². The van der Waals surface area contributed by atoms with Crippen LogP contribution in [-0.2, 0) is 4.74 Å². The van der Waals surface area contributed by atoms with Gasteiger partial charge in [0.2, 0.25) is 5.95 Å². The minimum atomic E-state index is -0.141. The number of anilines is 1. The van der Waals surface area contributed by atoms with Crippen molar-refractivity contribution in [3.05, 3.63) is 54.4 Å². The second kappa shape index (κ2) is 7.41. The largest absolute Gasteiger partial charge is 0.375 e. The van der Waals surface area contributed by atoms with Gasteiger partial charge in [0.1, 0.15) is 0 Å². The normalized spacial score (nSPS) is 22.2. The van der Waals surface area contributed by atoms with Crippen molar-refractivity contribution in [1.82, 2.24) is 14.9 Å². The topological polar surface area (TPSA) is 67.4 Å². The van der Waals surface area contributed by atoms with Crippen molar-refractivity contribution in [3.63, 3.8) is 0 Å². The maximum absolute atomic E-state index is 12.6. The Kier molecular flexibility index (Phi) is 4.84. The van der Waals surface area contributed by atoms with Crippen LogP contribution >= 0.6 is 0 Å². The van der Waals surface area contributed by atoms with E-state index in [1.807, 2.05) is 41.3 Å². The van der Waals surface area contributed by atoms with Gasteiger partial charge in [-0.15, -0.1) is 0 Å². The van der Waals surface area contributed by atoms with Gasteiger partial charge in [0, 0.05) is 43.7 Å². The van der Waals surface area contributed by atoms with Crippen molar-refractivity contribution >= 4 is 11.9 Å². The summed E-state index contributed by atoms with van der Waals surface area (Å²) in [5.41, 5.74) is 0.617. The van der Waals surface area contributed by atoms with Crippen LogP contribution < -0.4 is 5.32 Å². The van der Waals surface area contributed by atoms with E-state index < -0.39 is 0 Å². The molecule has 2 saturated heterocycles. The van der Waals surface area contributed by atoms with E-state index in [1.165, 1.54) is 0 Å². The molecule has 26 heavy (non-hydrogen) atoms. The van der Waals surface area contributed by atoms with Crippen LogP contribution in [0.25, 0.3) is 0 Å². The summed E-state index contributed by atoms with van der Waals surface area (Å²) < 4.78 is 6.19. The van der Waals surface area contributed by atoms with Gasteiger partial charge >= 0.3 is 0 Å². The summed E-state index contributed by atoms with van der Waals surface area (Å²) >= 11 is 0. The summed E-state index contributed by atoms with van der Waals surface area (Å²) in [6.45, 7) is 2.21. The molecule has 1 N–H and O–H groups in total. The highest BCUT2D eigenvalue weighted by molar-refractivity contribution is 5.94. The standard InChI is InChI=1S/C20H24N4O2/c25-18(16-5-2-1-3-6-16)24-12-8-20(9-13-24)15-17(7-14-26-20)23-19-21-10-4-11-22-19/h1-6,10-11,17H,7-9,12-15H2,(H,21,22,23). The van der Waals surface area contributed by atoms with E-state index in [2.05, 4.69) is 15.3 Å². The molecule has 1 amide bonds. The van der Waals surface area contributed by atoms with Gasteiger partial charge in [-0.3, -0.25) is 4.79 Å². The molecule has 0 aliphatic carbocycles. The molecule has 136 valence electrons. The fourth-order valence-corrected chi connectivity index (χ4v) is 3.94. The van der Waals surface area contributed by atoms with E-state index in [0.29, 0.717) is 12.0 Å². The Morgan fingerprint density at radius 2 is 1.85 bits per heavy atom. The Morgan fingerprint density at radius 3 is 2.58 bits per heavy atom. The molecule has 0 bridgehead atoms. The summed E-state index contributed by atoms with van der Waals surface area (Å²) in [5, 5.41) is 3.43. The third kappa shape index (κ3) is 3.70. The molecule has 2 aromatic rings. The Balaban J connectivity index is 1.36. The van der Waals surface area contributed by atoms with Crippen molar-refractivity contribution in [1.29, 1.82) is 0 Å². The number of likely N-dealkylation sites (tertiary alicyclic amines) is 1. The molecule has 1 aromatic heterocycles. The summed E-state index contributed by atoms with van der Waals surface area (Å²) in [6.07, 6.45) is 7.13. The minimum Gasteiger partial charge on any atom is -0.375 e. The molecule has 1 aromatic carbocycles. The lowest BCUT2D eigenvalue weighted by Crippen LogP contribution is -2.52. The lowest BCUT2D eigenvalue weighted by molar-refractivity contribution is -0.110. The molecule has 2 aliphatic heterocycles. The van der Waals surface area contributed by atoms with Crippen molar-refractivity contribution in [2.24, 2.45) is 0 Å². The quantitative estimate of drug-likeness (QED) is 0.920. The molecule has 0 radical (unpaired) electrons. The molecule has 1 atom stereocenters. The van der Waals surface area contributed by atoms with Crippen LogP contribution in [0, 0.1) is 0 Å². The van der Waals surface area contributed by atoms with Gasteiger partial charge in [-0.1, -0.05) is 18.2 Å². The average molecular weight is 352 g/mol. The first kappa shape index (κ1) is 17.0. The number of hydrogen-bond donors (Lipinski definition) is 1. The lowest BCUT2D eigenvalue weighted by Gasteiger charge is -2.46. The molecular weight excluding hydrogens is 328 g/mol. The number of nitrogens with zero attached hydrogens (tertiary/aromatic N) is 3. The number of benzene rings is 1. The molecule has 4 rings (SSSR count). The predicted octanol–water partition coefficient (Wildman–Crippen LogP) is 2.74. The van der Waals surface area contributed by atoms with Crippen molar-refractivity contribution in [2.45, 2.75) is 37.3 Å². The van der Waals surface area contributed by atoms with Gasteiger partial charge in [0.15, 0.2) is 0 Å². The van der Waals surface area contributed by atoms with E-state index in [9.17, 15) is 4.79 Å². The number of piperidine rings is 1. The second-order valence-electron chi connectivity index (χ2n) is 7.10. The average Bonchev–Trinajstić information content (AvgIpc) is 2.70. The maximum Gasteiger partial charge on any atom is 0.253 e. The van der Waals surface area contributed by atoms with Crippen LogP contribution in [0.15, 0.2) is 48.8 Å². The molecule has 6 heteroatoms. The van der Waals surface area contributed by atoms with E-state index in [1.54, 1.807) is 12.4 Å². The number of amides is 1. The molecular formula is C20H24N4O2. The molecule has 0 saturated carbocycles. The predicted molar refractivity (Wildman–Crippen MR) is 98.9 cm³/mol. The number of carbonyl (C=O) groups is 1. The summed E-state index contributed by atoms with van der Waals surface area (Å²) in [4.78, 5) is 23.1. The summed E-state index contributed by atoms with van der Waals surface area (Å²) in [5.74, 6) is 0.787. The van der Waals surface area contributed by atoms with E-state index in [4.69, 9.17) is 4.74 Å². The number of ether oxygens (including phenoxy) is 1. The highest BCUT2D eigenvalue weighted by atomic mass is 16.5. The van der Waals surface area contributed by atoms with Crippen molar-refractivity contribution < 1.29 is 9.53 Å². The number of aromatic nitrogens is 2. The van der Waals surface area contributed by atoms with Crippen molar-refractivity contribution in [2.75, 3.05) is 25.0 Å². The number of rotatable bonds is 3. The highest BCUT2D eigenvalue weighted by Gasteiger charge is 2.41. The first-order chi connectivity index (χ1) is 12.7. The Hall–Kier alpha value is -2.47. The molecule has 3 heterocycles. The number of hydrogen-bond acceptors (Lipinski definition) is 5. The Labute approximate surface area is 153 Å². The molecule has 6 nitrogen and oxygen atoms in total. The molecule has 1 spiro atoms. The highest BCUT2D eigenvalue weighted by Crippen LogP contribution is 2.36. The third-order valence-electron chi connectivity index (χ3n) is 5.37. The van der Waals surface area contributed by atoms with E-state index >= 15 is 0 Å². The van der Waals surface area contributed by atoms with Crippen molar-refractivity contribution in [3.8, 4) is 0 Å². The fraction of sp³-hybridized carbons (Fsp3) is 0.450. The molecule has 1 unspecified atom stereocenters. The smallest absolute Gasteiger partial charge is 0.253 e. The second-order valence-corrected chi connectivity index (χ2v) is 7.10. The van der Waals surface area contributed by atoms with Crippen LogP contribution in [-0.4, -0.2) is 52.1 Å². The zero-order valence-electron chi connectivity index (χ0n) is 14.8. The van der Waals surface area contributed by atoms with Crippen LogP contribution in [0.4, 0.5) is 5.95 Å². The first-order valence-electron chi connectivity index (χ1n) is 9.26. The third-order valence-corrected chi connectivity index (χ3v) is 5.37. The van der Waals surface area contributed by atoms with Gasteiger partial charge < -0.3 is 15.0 Å². The van der Waals surface area contributed by atoms with Crippen LogP contribution in [0.5, 0.6) is 0 Å². The monoisotopic (exact) mass is 352 g/mol. The first-order valence-corrected chi connectivity index (χ1v) is 9.26. The fourth-order valence-electron chi connectivity index (χ4n) is 3.94. The van der Waals surface area contributed by atoms with E-state index in [0.717, 1.165) is 50.9 Å².